The van der Waals surface area contributed by atoms with Crippen LogP contribution in [0.3, 0.4) is 0 Å². The van der Waals surface area contributed by atoms with Crippen molar-refractivity contribution >= 4 is 5.69 Å². The van der Waals surface area contributed by atoms with E-state index < -0.39 is 0 Å². The molecule has 21 heavy (non-hydrogen) atoms. The molecule has 2 nitrogen and oxygen atoms in total. The first-order chi connectivity index (χ1) is 9.90. The number of rotatable bonds is 4. The minimum atomic E-state index is 0.411. The van der Waals surface area contributed by atoms with E-state index in [1.165, 1.54) is 36.9 Å². The second-order valence-electron chi connectivity index (χ2n) is 7.83. The summed E-state index contributed by atoms with van der Waals surface area (Å²) in [5.74, 6) is 1.58. The molecule has 2 rings (SSSR count). The van der Waals surface area contributed by atoms with Crippen LogP contribution in [0.4, 0.5) is 5.69 Å². The first-order valence-corrected chi connectivity index (χ1v) is 8.43. The van der Waals surface area contributed by atoms with E-state index in [9.17, 15) is 0 Å². The summed E-state index contributed by atoms with van der Waals surface area (Å²) in [5, 5.41) is 3.65. The summed E-state index contributed by atoms with van der Waals surface area (Å²) in [6.07, 6.45) is 5.31. The highest BCUT2D eigenvalue weighted by Gasteiger charge is 2.32. The van der Waals surface area contributed by atoms with Crippen molar-refractivity contribution in [2.45, 2.75) is 59.4 Å². The van der Waals surface area contributed by atoms with E-state index in [4.69, 9.17) is 5.73 Å². The van der Waals surface area contributed by atoms with Gasteiger partial charge in [-0.2, -0.15) is 0 Å². The average molecular weight is 288 g/mol. The number of nitrogens with two attached hydrogens (primary N) is 1. The fourth-order valence-electron chi connectivity index (χ4n) is 3.62. The van der Waals surface area contributed by atoms with Crippen LogP contribution in [-0.2, 0) is 0 Å². The van der Waals surface area contributed by atoms with Gasteiger partial charge in [0.15, 0.2) is 0 Å². The number of nitrogens with one attached hydrogen (secondary N) is 1. The number of hydrogen-bond donors (Lipinski definition) is 2. The SMILES string of the molecule is Cc1ccc(NC(CN)C2CCC(C(C)(C)C)CC2)cc1. The molecule has 118 valence electrons. The van der Waals surface area contributed by atoms with E-state index in [1.54, 1.807) is 0 Å². The quantitative estimate of drug-likeness (QED) is 0.850. The smallest absolute Gasteiger partial charge is 0.0411 e. The zero-order valence-corrected chi connectivity index (χ0v) is 14.2. The van der Waals surface area contributed by atoms with Gasteiger partial charge in [0.2, 0.25) is 0 Å². The van der Waals surface area contributed by atoms with Crippen LogP contribution in [0.25, 0.3) is 0 Å². The van der Waals surface area contributed by atoms with Crippen LogP contribution in [0.2, 0.25) is 0 Å². The minimum Gasteiger partial charge on any atom is -0.381 e. The van der Waals surface area contributed by atoms with Crippen molar-refractivity contribution in [2.75, 3.05) is 11.9 Å². The summed E-state index contributed by atoms with van der Waals surface area (Å²) < 4.78 is 0. The molecule has 3 N–H and O–H groups in total. The van der Waals surface area contributed by atoms with Gasteiger partial charge in [-0.3, -0.25) is 0 Å². The molecule has 1 aromatic rings. The predicted octanol–water partition coefficient (Wildman–Crippen LogP) is 4.59. The maximum Gasteiger partial charge on any atom is 0.0411 e. The fraction of sp³-hybridized carbons (Fsp3) is 0.684. The van der Waals surface area contributed by atoms with E-state index in [0.717, 1.165) is 18.4 Å². The van der Waals surface area contributed by atoms with Gasteiger partial charge in [-0.1, -0.05) is 38.5 Å². The molecule has 1 aromatic carbocycles. The molecule has 0 bridgehead atoms. The molecule has 1 saturated carbocycles. The van der Waals surface area contributed by atoms with Gasteiger partial charge < -0.3 is 11.1 Å². The fourth-order valence-corrected chi connectivity index (χ4v) is 3.62. The van der Waals surface area contributed by atoms with Gasteiger partial charge in [0.1, 0.15) is 0 Å². The van der Waals surface area contributed by atoms with Gasteiger partial charge >= 0.3 is 0 Å². The number of hydrogen-bond acceptors (Lipinski definition) is 2. The van der Waals surface area contributed by atoms with E-state index >= 15 is 0 Å². The Morgan fingerprint density at radius 1 is 1.10 bits per heavy atom. The number of aryl methyl sites for hydroxylation is 1. The third-order valence-electron chi connectivity index (χ3n) is 5.22. The second kappa shape index (κ2) is 6.83. The van der Waals surface area contributed by atoms with Gasteiger partial charge in [0.05, 0.1) is 0 Å². The van der Waals surface area contributed by atoms with Gasteiger partial charge in [-0.05, 0) is 62.0 Å². The van der Waals surface area contributed by atoms with Gasteiger partial charge in [0, 0.05) is 18.3 Å². The third kappa shape index (κ3) is 4.47. The molecule has 1 fully saturated rings. The van der Waals surface area contributed by atoms with Gasteiger partial charge in [-0.15, -0.1) is 0 Å². The third-order valence-corrected chi connectivity index (χ3v) is 5.22. The molecular weight excluding hydrogens is 256 g/mol. The molecule has 0 heterocycles. The molecule has 0 saturated heterocycles. The average Bonchev–Trinajstić information content (AvgIpc) is 2.46. The van der Waals surface area contributed by atoms with Gasteiger partial charge in [0.25, 0.3) is 0 Å². The monoisotopic (exact) mass is 288 g/mol. The molecule has 1 atom stereocenters. The topological polar surface area (TPSA) is 38.0 Å². The standard InChI is InChI=1S/C19H32N2/c1-14-5-11-17(12-6-14)21-18(13-20)15-7-9-16(10-8-15)19(2,3)4/h5-6,11-12,15-16,18,21H,7-10,13,20H2,1-4H3. The summed E-state index contributed by atoms with van der Waals surface area (Å²) in [7, 11) is 0. The van der Waals surface area contributed by atoms with Crippen LogP contribution in [-0.4, -0.2) is 12.6 Å². The lowest BCUT2D eigenvalue weighted by molar-refractivity contribution is 0.143. The molecule has 0 aromatic heterocycles. The van der Waals surface area contributed by atoms with Crippen LogP contribution in [0.1, 0.15) is 52.0 Å². The van der Waals surface area contributed by atoms with Crippen LogP contribution in [0.5, 0.6) is 0 Å². The summed E-state index contributed by atoms with van der Waals surface area (Å²) >= 11 is 0. The summed E-state index contributed by atoms with van der Waals surface area (Å²) in [5.41, 5.74) is 9.00. The van der Waals surface area contributed by atoms with E-state index in [1.807, 2.05) is 0 Å². The summed E-state index contributed by atoms with van der Waals surface area (Å²) in [6.45, 7) is 9.98. The normalized spacial score (nSPS) is 24.6. The lowest BCUT2D eigenvalue weighted by Crippen LogP contribution is -2.39. The highest BCUT2D eigenvalue weighted by molar-refractivity contribution is 5.45. The Morgan fingerprint density at radius 3 is 2.14 bits per heavy atom. The van der Waals surface area contributed by atoms with Crippen molar-refractivity contribution < 1.29 is 0 Å². The molecule has 0 aliphatic heterocycles. The van der Waals surface area contributed by atoms with Crippen molar-refractivity contribution in [3.05, 3.63) is 29.8 Å². The lowest BCUT2D eigenvalue weighted by Gasteiger charge is -2.39. The van der Waals surface area contributed by atoms with Crippen molar-refractivity contribution in [1.82, 2.24) is 0 Å². The zero-order valence-electron chi connectivity index (χ0n) is 14.2. The Bertz CT molecular complexity index is 422. The molecule has 0 radical (unpaired) electrons. The van der Waals surface area contributed by atoms with Crippen molar-refractivity contribution in [1.29, 1.82) is 0 Å². The molecule has 1 aliphatic carbocycles. The largest absolute Gasteiger partial charge is 0.381 e. The number of anilines is 1. The minimum absolute atomic E-state index is 0.411. The Balaban J connectivity index is 1.92. The summed E-state index contributed by atoms with van der Waals surface area (Å²) in [4.78, 5) is 0. The Labute approximate surface area is 130 Å². The van der Waals surface area contributed by atoms with Crippen LogP contribution in [0, 0.1) is 24.2 Å². The van der Waals surface area contributed by atoms with Crippen LogP contribution >= 0.6 is 0 Å². The molecule has 0 amide bonds. The Kier molecular flexibility index (Phi) is 5.32. The molecule has 2 heteroatoms. The van der Waals surface area contributed by atoms with E-state index in [-0.39, 0.29) is 0 Å². The molecule has 0 spiro atoms. The number of benzene rings is 1. The molecule has 1 aliphatic rings. The Morgan fingerprint density at radius 2 is 1.67 bits per heavy atom. The highest BCUT2D eigenvalue weighted by atomic mass is 14.9. The molecule has 1 unspecified atom stereocenters. The van der Waals surface area contributed by atoms with Crippen molar-refractivity contribution in [3.63, 3.8) is 0 Å². The predicted molar refractivity (Wildman–Crippen MR) is 92.5 cm³/mol. The first kappa shape index (κ1) is 16.4. The maximum absolute atomic E-state index is 6.04. The Hall–Kier alpha value is -1.02. The summed E-state index contributed by atoms with van der Waals surface area (Å²) in [6, 6.07) is 9.06. The van der Waals surface area contributed by atoms with E-state index in [0.29, 0.717) is 11.5 Å². The van der Waals surface area contributed by atoms with Gasteiger partial charge in [-0.25, -0.2) is 0 Å². The van der Waals surface area contributed by atoms with Crippen LogP contribution in [0.15, 0.2) is 24.3 Å². The second-order valence-corrected chi connectivity index (χ2v) is 7.83. The lowest BCUT2D eigenvalue weighted by atomic mass is 9.68. The highest BCUT2D eigenvalue weighted by Crippen LogP contribution is 2.40. The van der Waals surface area contributed by atoms with Crippen LogP contribution < -0.4 is 11.1 Å². The first-order valence-electron chi connectivity index (χ1n) is 8.43. The van der Waals surface area contributed by atoms with Crippen molar-refractivity contribution in [3.8, 4) is 0 Å². The molecular formula is C19H32N2. The van der Waals surface area contributed by atoms with E-state index in [2.05, 4.69) is 57.3 Å². The van der Waals surface area contributed by atoms with Crippen molar-refractivity contribution in [2.24, 2.45) is 23.0 Å². The zero-order chi connectivity index (χ0) is 15.5. The maximum atomic E-state index is 6.04.